The van der Waals surface area contributed by atoms with Crippen molar-refractivity contribution in [2.75, 3.05) is 6.54 Å². The lowest BCUT2D eigenvalue weighted by Crippen LogP contribution is -2.32. The molecule has 0 spiro atoms. The quantitative estimate of drug-likeness (QED) is 0.808. The molecule has 1 aromatic carbocycles. The molecule has 0 unspecified atom stereocenters. The molecule has 1 amide bonds. The third kappa shape index (κ3) is 5.74. The Hall–Kier alpha value is -1.47. The Morgan fingerprint density at radius 1 is 1.39 bits per heavy atom. The highest BCUT2D eigenvalue weighted by Crippen LogP contribution is 2.13. The Bertz CT molecular complexity index is 481. The lowest BCUT2D eigenvalue weighted by molar-refractivity contribution is 0.0535. The van der Waals surface area contributed by atoms with Crippen LogP contribution in [-0.2, 0) is 4.74 Å². The summed E-state index contributed by atoms with van der Waals surface area (Å²) in [5.41, 5.74) is 0.406. The van der Waals surface area contributed by atoms with Crippen molar-refractivity contribution < 1.29 is 9.53 Å². The van der Waals surface area contributed by atoms with Crippen LogP contribution in [0.3, 0.4) is 0 Å². The van der Waals surface area contributed by atoms with Crippen molar-refractivity contribution in [1.82, 2.24) is 5.32 Å². The molecule has 3 nitrogen and oxygen atoms in total. The number of amides is 1. The summed E-state index contributed by atoms with van der Waals surface area (Å²) in [7, 11) is 0. The average molecular weight is 310 g/mol. The molecule has 0 atom stereocenters. The molecular weight excluding hydrogens is 294 g/mol. The van der Waals surface area contributed by atoms with Gasteiger partial charge in [0, 0.05) is 10.0 Å². The van der Waals surface area contributed by atoms with Gasteiger partial charge in [-0.2, -0.15) is 0 Å². The zero-order chi connectivity index (χ0) is 13.6. The van der Waals surface area contributed by atoms with Crippen molar-refractivity contribution in [3.05, 3.63) is 34.3 Å². The van der Waals surface area contributed by atoms with Crippen LogP contribution in [0.15, 0.2) is 28.7 Å². The SMILES string of the molecule is CC(C)(C)OC(=O)NCC#Cc1ccccc1Br. The van der Waals surface area contributed by atoms with Crippen LogP contribution >= 0.6 is 15.9 Å². The van der Waals surface area contributed by atoms with E-state index in [1.165, 1.54) is 0 Å². The molecule has 0 aliphatic rings. The van der Waals surface area contributed by atoms with Gasteiger partial charge in [-0.25, -0.2) is 4.79 Å². The maximum absolute atomic E-state index is 11.3. The Balaban J connectivity index is 2.44. The molecule has 0 radical (unpaired) electrons. The third-order valence-corrected chi connectivity index (χ3v) is 2.51. The van der Waals surface area contributed by atoms with Gasteiger partial charge in [0.15, 0.2) is 0 Å². The monoisotopic (exact) mass is 309 g/mol. The van der Waals surface area contributed by atoms with E-state index >= 15 is 0 Å². The fourth-order valence-corrected chi connectivity index (χ4v) is 1.52. The first-order chi connectivity index (χ1) is 8.38. The number of halogens is 1. The van der Waals surface area contributed by atoms with Gasteiger partial charge in [-0.1, -0.05) is 24.0 Å². The lowest BCUT2D eigenvalue weighted by atomic mass is 10.2. The summed E-state index contributed by atoms with van der Waals surface area (Å²) < 4.78 is 6.03. The summed E-state index contributed by atoms with van der Waals surface area (Å²) in [5.74, 6) is 5.83. The third-order valence-electron chi connectivity index (χ3n) is 1.82. The van der Waals surface area contributed by atoms with Gasteiger partial charge in [0.25, 0.3) is 0 Å². The molecular formula is C14H16BrNO2. The number of alkyl carbamates (subject to hydrolysis) is 1. The van der Waals surface area contributed by atoms with Gasteiger partial charge < -0.3 is 10.1 Å². The van der Waals surface area contributed by atoms with Gasteiger partial charge in [-0.3, -0.25) is 0 Å². The number of nitrogens with one attached hydrogen (secondary N) is 1. The fraction of sp³-hybridized carbons (Fsp3) is 0.357. The smallest absolute Gasteiger partial charge is 0.408 e. The Morgan fingerprint density at radius 3 is 2.67 bits per heavy atom. The maximum Gasteiger partial charge on any atom is 0.408 e. The predicted octanol–water partition coefficient (Wildman–Crippen LogP) is 3.33. The maximum atomic E-state index is 11.3. The highest BCUT2D eigenvalue weighted by molar-refractivity contribution is 9.10. The van der Waals surface area contributed by atoms with Gasteiger partial charge in [0.2, 0.25) is 0 Å². The standard InChI is InChI=1S/C14H16BrNO2/c1-14(2,3)18-13(17)16-10-6-8-11-7-4-5-9-12(11)15/h4-5,7,9H,10H2,1-3H3,(H,16,17). The number of hydrogen-bond acceptors (Lipinski definition) is 2. The normalized spacial score (nSPS) is 10.2. The van der Waals surface area contributed by atoms with Crippen LogP contribution in [0.25, 0.3) is 0 Å². The molecule has 1 rings (SSSR count). The minimum atomic E-state index is -0.486. The zero-order valence-electron chi connectivity index (χ0n) is 10.7. The number of benzene rings is 1. The first kappa shape index (κ1) is 14.6. The van der Waals surface area contributed by atoms with E-state index in [0.29, 0.717) is 0 Å². The van der Waals surface area contributed by atoms with Gasteiger partial charge >= 0.3 is 6.09 Å². The van der Waals surface area contributed by atoms with Crippen molar-refractivity contribution in [3.63, 3.8) is 0 Å². The van der Waals surface area contributed by atoms with Crippen molar-refractivity contribution in [2.45, 2.75) is 26.4 Å². The molecule has 0 aromatic heterocycles. The largest absolute Gasteiger partial charge is 0.444 e. The molecule has 0 saturated carbocycles. The molecule has 0 saturated heterocycles. The Kier molecular flexibility index (Phi) is 5.24. The molecule has 96 valence electrons. The van der Waals surface area contributed by atoms with E-state index in [-0.39, 0.29) is 6.54 Å². The minimum absolute atomic E-state index is 0.260. The number of carbonyl (C=O) groups is 1. The van der Waals surface area contributed by atoms with Crippen LogP contribution in [0, 0.1) is 11.8 Å². The highest BCUT2D eigenvalue weighted by atomic mass is 79.9. The van der Waals surface area contributed by atoms with E-state index < -0.39 is 11.7 Å². The highest BCUT2D eigenvalue weighted by Gasteiger charge is 2.14. The van der Waals surface area contributed by atoms with E-state index in [0.717, 1.165) is 10.0 Å². The number of rotatable bonds is 1. The summed E-state index contributed by atoms with van der Waals surface area (Å²) >= 11 is 3.40. The van der Waals surface area contributed by atoms with Crippen molar-refractivity contribution in [3.8, 4) is 11.8 Å². The summed E-state index contributed by atoms with van der Waals surface area (Å²) in [6, 6.07) is 7.67. The molecule has 0 bridgehead atoms. The molecule has 1 N–H and O–H groups in total. The van der Waals surface area contributed by atoms with E-state index in [1.54, 1.807) is 0 Å². The second kappa shape index (κ2) is 6.46. The van der Waals surface area contributed by atoms with Crippen LogP contribution in [0.5, 0.6) is 0 Å². The minimum Gasteiger partial charge on any atom is -0.444 e. The van der Waals surface area contributed by atoms with Crippen molar-refractivity contribution in [1.29, 1.82) is 0 Å². The molecule has 0 fully saturated rings. The first-order valence-electron chi connectivity index (χ1n) is 5.59. The van der Waals surface area contributed by atoms with Crippen LogP contribution in [0.4, 0.5) is 4.79 Å². The summed E-state index contributed by atoms with van der Waals surface area (Å²) in [5, 5.41) is 2.58. The Labute approximate surface area is 116 Å². The van der Waals surface area contributed by atoms with Crippen LogP contribution in [-0.4, -0.2) is 18.2 Å². The van der Waals surface area contributed by atoms with Gasteiger partial charge in [0.1, 0.15) is 5.60 Å². The van der Waals surface area contributed by atoms with E-state index in [4.69, 9.17) is 4.74 Å². The summed E-state index contributed by atoms with van der Waals surface area (Å²) in [4.78, 5) is 11.3. The van der Waals surface area contributed by atoms with E-state index in [1.807, 2.05) is 45.0 Å². The van der Waals surface area contributed by atoms with E-state index in [9.17, 15) is 4.79 Å². The van der Waals surface area contributed by atoms with Gasteiger partial charge in [0.05, 0.1) is 6.54 Å². The molecule has 0 aliphatic heterocycles. The zero-order valence-corrected chi connectivity index (χ0v) is 12.3. The molecule has 4 heteroatoms. The van der Waals surface area contributed by atoms with Crippen LogP contribution in [0.2, 0.25) is 0 Å². The van der Waals surface area contributed by atoms with Gasteiger partial charge in [-0.15, -0.1) is 0 Å². The van der Waals surface area contributed by atoms with Crippen molar-refractivity contribution in [2.24, 2.45) is 0 Å². The first-order valence-corrected chi connectivity index (χ1v) is 6.38. The van der Waals surface area contributed by atoms with Crippen LogP contribution < -0.4 is 5.32 Å². The molecule has 1 aromatic rings. The van der Waals surface area contributed by atoms with E-state index in [2.05, 4.69) is 33.1 Å². The number of ether oxygens (including phenoxy) is 1. The predicted molar refractivity (Wildman–Crippen MR) is 75.3 cm³/mol. The molecule has 0 heterocycles. The summed E-state index contributed by atoms with van der Waals surface area (Å²) in [6.07, 6.45) is -0.455. The fourth-order valence-electron chi connectivity index (χ4n) is 1.13. The second-order valence-corrected chi connectivity index (χ2v) is 5.49. The van der Waals surface area contributed by atoms with Gasteiger partial charge in [-0.05, 0) is 48.8 Å². The van der Waals surface area contributed by atoms with Crippen LogP contribution in [0.1, 0.15) is 26.3 Å². The lowest BCUT2D eigenvalue weighted by Gasteiger charge is -2.18. The summed E-state index contributed by atoms with van der Waals surface area (Å²) in [6.45, 7) is 5.72. The number of carbonyl (C=O) groups excluding carboxylic acids is 1. The average Bonchev–Trinajstić information content (AvgIpc) is 2.24. The molecule has 18 heavy (non-hydrogen) atoms. The number of hydrogen-bond donors (Lipinski definition) is 1. The molecule has 0 aliphatic carbocycles. The Morgan fingerprint density at radius 2 is 2.06 bits per heavy atom. The topological polar surface area (TPSA) is 38.3 Å². The van der Waals surface area contributed by atoms with Crippen molar-refractivity contribution >= 4 is 22.0 Å². The second-order valence-electron chi connectivity index (χ2n) is 4.64.